The second kappa shape index (κ2) is 4.26. The molecule has 0 unspecified atom stereocenters. The highest BCUT2D eigenvalue weighted by molar-refractivity contribution is 5.68. The van der Waals surface area contributed by atoms with Gasteiger partial charge in [-0.15, -0.1) is 5.10 Å². The van der Waals surface area contributed by atoms with Crippen LogP contribution in [0.5, 0.6) is 0 Å². The minimum atomic E-state index is -0.198. The summed E-state index contributed by atoms with van der Waals surface area (Å²) in [5.74, 6) is 1.16. The Bertz CT molecular complexity index is 816. The third kappa shape index (κ3) is 1.89. The smallest absolute Gasteiger partial charge is 0.281 e. The molecule has 4 rings (SSSR count). The van der Waals surface area contributed by atoms with E-state index in [0.717, 1.165) is 24.2 Å². The van der Waals surface area contributed by atoms with E-state index < -0.39 is 0 Å². The Morgan fingerprint density at radius 3 is 2.80 bits per heavy atom. The highest BCUT2D eigenvalue weighted by Crippen LogP contribution is 2.37. The standard InChI is InChI=1S/C14H13N5O/c20-14-11-13(15-12(16-14)10-6-7-10)19(18-17-11)8-9-4-2-1-3-5-9/h1-5,10H,6-8H2,(H,15,16,20). The summed E-state index contributed by atoms with van der Waals surface area (Å²) in [5.41, 5.74) is 1.79. The van der Waals surface area contributed by atoms with Crippen LogP contribution < -0.4 is 5.56 Å². The first-order valence-electron chi connectivity index (χ1n) is 6.68. The Morgan fingerprint density at radius 2 is 2.05 bits per heavy atom. The van der Waals surface area contributed by atoms with E-state index in [2.05, 4.69) is 20.3 Å². The van der Waals surface area contributed by atoms with Gasteiger partial charge >= 0.3 is 0 Å². The van der Waals surface area contributed by atoms with Crippen LogP contribution in [0.4, 0.5) is 0 Å². The molecule has 3 aromatic rings. The molecule has 0 bridgehead atoms. The molecule has 6 nitrogen and oxygen atoms in total. The molecule has 2 heterocycles. The summed E-state index contributed by atoms with van der Waals surface area (Å²) >= 11 is 0. The van der Waals surface area contributed by atoms with Crippen molar-refractivity contribution in [2.45, 2.75) is 25.3 Å². The quantitative estimate of drug-likeness (QED) is 0.779. The van der Waals surface area contributed by atoms with Crippen LogP contribution in [0.1, 0.15) is 30.1 Å². The topological polar surface area (TPSA) is 76.5 Å². The number of nitrogens with zero attached hydrogens (tertiary/aromatic N) is 4. The summed E-state index contributed by atoms with van der Waals surface area (Å²) in [6, 6.07) is 9.96. The zero-order chi connectivity index (χ0) is 13.5. The highest BCUT2D eigenvalue weighted by Gasteiger charge is 2.27. The van der Waals surface area contributed by atoms with Crippen LogP contribution in [-0.2, 0) is 6.54 Å². The molecule has 0 atom stereocenters. The van der Waals surface area contributed by atoms with Gasteiger partial charge in [-0.1, -0.05) is 35.5 Å². The lowest BCUT2D eigenvalue weighted by molar-refractivity contribution is 0.662. The third-order valence-electron chi connectivity index (χ3n) is 3.53. The Kier molecular flexibility index (Phi) is 2.42. The number of aromatic amines is 1. The average molecular weight is 267 g/mol. The van der Waals surface area contributed by atoms with Gasteiger partial charge in [0.25, 0.3) is 5.56 Å². The molecule has 6 heteroatoms. The zero-order valence-corrected chi connectivity index (χ0v) is 10.8. The van der Waals surface area contributed by atoms with Crippen LogP contribution >= 0.6 is 0 Å². The summed E-state index contributed by atoms with van der Waals surface area (Å²) in [4.78, 5) is 19.3. The summed E-state index contributed by atoms with van der Waals surface area (Å²) in [5, 5.41) is 8.00. The molecule has 1 aliphatic rings. The number of rotatable bonds is 3. The van der Waals surface area contributed by atoms with Gasteiger partial charge in [-0.25, -0.2) is 9.67 Å². The van der Waals surface area contributed by atoms with E-state index in [1.807, 2.05) is 30.3 Å². The van der Waals surface area contributed by atoms with Crippen LogP contribution in [0.15, 0.2) is 35.1 Å². The van der Waals surface area contributed by atoms with Crippen molar-refractivity contribution in [1.29, 1.82) is 0 Å². The van der Waals surface area contributed by atoms with Crippen LogP contribution in [0.25, 0.3) is 11.2 Å². The van der Waals surface area contributed by atoms with Gasteiger partial charge in [-0.2, -0.15) is 0 Å². The fraction of sp³-hybridized carbons (Fsp3) is 0.286. The Labute approximate surface area is 114 Å². The van der Waals surface area contributed by atoms with E-state index in [1.165, 1.54) is 0 Å². The minimum Gasteiger partial charge on any atom is -0.308 e. The summed E-state index contributed by atoms with van der Waals surface area (Å²) < 4.78 is 1.69. The number of hydrogen-bond donors (Lipinski definition) is 1. The lowest BCUT2D eigenvalue weighted by atomic mass is 10.2. The molecular weight excluding hydrogens is 254 g/mol. The summed E-state index contributed by atoms with van der Waals surface area (Å²) in [6.07, 6.45) is 2.18. The minimum absolute atomic E-state index is 0.198. The second-order valence-corrected chi connectivity index (χ2v) is 5.13. The average Bonchev–Trinajstić information content (AvgIpc) is 3.24. The van der Waals surface area contributed by atoms with Gasteiger partial charge < -0.3 is 4.98 Å². The second-order valence-electron chi connectivity index (χ2n) is 5.13. The van der Waals surface area contributed by atoms with E-state index in [9.17, 15) is 4.79 Å². The molecule has 1 saturated carbocycles. The first-order chi connectivity index (χ1) is 9.81. The van der Waals surface area contributed by atoms with Crippen molar-refractivity contribution in [2.24, 2.45) is 0 Å². The zero-order valence-electron chi connectivity index (χ0n) is 10.8. The van der Waals surface area contributed by atoms with E-state index in [1.54, 1.807) is 4.68 Å². The normalized spacial score (nSPS) is 14.8. The number of nitrogens with one attached hydrogen (secondary N) is 1. The van der Waals surface area contributed by atoms with Crippen molar-refractivity contribution < 1.29 is 0 Å². The van der Waals surface area contributed by atoms with Crippen molar-refractivity contribution >= 4 is 11.2 Å². The molecule has 100 valence electrons. The predicted molar refractivity (Wildman–Crippen MR) is 73.5 cm³/mol. The molecule has 1 fully saturated rings. The van der Waals surface area contributed by atoms with E-state index in [-0.39, 0.29) is 5.56 Å². The maximum atomic E-state index is 12.0. The van der Waals surface area contributed by atoms with Gasteiger partial charge in [0.1, 0.15) is 5.82 Å². The monoisotopic (exact) mass is 267 g/mol. The lowest BCUT2D eigenvalue weighted by Crippen LogP contribution is -2.12. The molecule has 0 radical (unpaired) electrons. The third-order valence-corrected chi connectivity index (χ3v) is 3.53. The Hall–Kier alpha value is -2.50. The van der Waals surface area contributed by atoms with Gasteiger partial charge in [0.15, 0.2) is 11.2 Å². The lowest BCUT2D eigenvalue weighted by Gasteiger charge is -2.02. The number of fused-ring (bicyclic) bond motifs is 1. The largest absolute Gasteiger partial charge is 0.308 e. The Balaban J connectivity index is 1.81. The van der Waals surface area contributed by atoms with Gasteiger partial charge in [-0.05, 0) is 18.4 Å². The first kappa shape index (κ1) is 11.3. The fourth-order valence-electron chi connectivity index (χ4n) is 2.30. The van der Waals surface area contributed by atoms with Gasteiger partial charge in [0.2, 0.25) is 0 Å². The maximum Gasteiger partial charge on any atom is 0.281 e. The Morgan fingerprint density at radius 1 is 1.25 bits per heavy atom. The predicted octanol–water partition coefficient (Wildman–Crippen LogP) is 1.44. The molecule has 0 spiro atoms. The molecule has 0 aliphatic heterocycles. The van der Waals surface area contributed by atoms with E-state index >= 15 is 0 Å². The fourth-order valence-corrected chi connectivity index (χ4v) is 2.30. The van der Waals surface area contributed by atoms with Crippen LogP contribution in [0.2, 0.25) is 0 Å². The van der Waals surface area contributed by atoms with Gasteiger partial charge in [0.05, 0.1) is 6.54 Å². The molecular formula is C14H13N5O. The van der Waals surface area contributed by atoms with Crippen LogP contribution in [0, 0.1) is 0 Å². The van der Waals surface area contributed by atoms with Gasteiger partial charge in [-0.3, -0.25) is 4.79 Å². The van der Waals surface area contributed by atoms with Crippen molar-refractivity contribution in [3.05, 3.63) is 52.1 Å². The molecule has 20 heavy (non-hydrogen) atoms. The van der Waals surface area contributed by atoms with Crippen molar-refractivity contribution in [3.63, 3.8) is 0 Å². The van der Waals surface area contributed by atoms with Crippen molar-refractivity contribution in [1.82, 2.24) is 25.0 Å². The maximum absolute atomic E-state index is 12.0. The van der Waals surface area contributed by atoms with Crippen LogP contribution in [0.3, 0.4) is 0 Å². The van der Waals surface area contributed by atoms with Crippen molar-refractivity contribution in [3.8, 4) is 0 Å². The molecule has 1 N–H and O–H groups in total. The SMILES string of the molecule is O=c1[nH]c(C2CC2)nc2c1nnn2Cc1ccccc1. The summed E-state index contributed by atoms with van der Waals surface area (Å²) in [7, 11) is 0. The number of aromatic nitrogens is 5. The van der Waals surface area contributed by atoms with Crippen LogP contribution in [-0.4, -0.2) is 25.0 Å². The summed E-state index contributed by atoms with van der Waals surface area (Å²) in [6.45, 7) is 0.567. The molecule has 1 aromatic carbocycles. The molecule has 2 aromatic heterocycles. The molecule has 1 aliphatic carbocycles. The van der Waals surface area contributed by atoms with E-state index in [4.69, 9.17) is 0 Å². The molecule has 0 amide bonds. The highest BCUT2D eigenvalue weighted by atomic mass is 16.1. The van der Waals surface area contributed by atoms with E-state index in [0.29, 0.717) is 23.6 Å². The number of benzene rings is 1. The molecule has 0 saturated heterocycles. The van der Waals surface area contributed by atoms with Gasteiger partial charge in [0, 0.05) is 5.92 Å². The number of hydrogen-bond acceptors (Lipinski definition) is 4. The first-order valence-corrected chi connectivity index (χ1v) is 6.68. The number of H-pyrrole nitrogens is 1. The van der Waals surface area contributed by atoms with Crippen molar-refractivity contribution in [2.75, 3.05) is 0 Å².